The average Bonchev–Trinajstić information content (AvgIpc) is 1.69. The molecular formula is C5H16OSi2. The van der Waals surface area contributed by atoms with Gasteiger partial charge in [0, 0.05) is 6.61 Å². The van der Waals surface area contributed by atoms with Crippen LogP contribution in [0, 0.1) is 0 Å². The molecule has 1 nitrogen and oxygen atoms in total. The van der Waals surface area contributed by atoms with E-state index in [1.54, 1.807) is 0 Å². The SMILES string of the molecule is C[SiH]1CCCCO1.[SiH4]. The van der Waals surface area contributed by atoms with E-state index in [1.807, 2.05) is 0 Å². The summed E-state index contributed by atoms with van der Waals surface area (Å²) in [5, 5.41) is 0. The van der Waals surface area contributed by atoms with Gasteiger partial charge >= 0.3 is 0 Å². The van der Waals surface area contributed by atoms with Crippen LogP contribution in [0.3, 0.4) is 0 Å². The molecule has 0 aromatic carbocycles. The van der Waals surface area contributed by atoms with Crippen LogP contribution in [-0.2, 0) is 4.43 Å². The molecule has 0 amide bonds. The molecule has 1 unspecified atom stereocenters. The Kier molecular flexibility index (Phi) is 4.50. The maximum atomic E-state index is 5.42. The third-order valence-corrected chi connectivity index (χ3v) is 3.43. The highest BCUT2D eigenvalue weighted by Gasteiger charge is 2.08. The van der Waals surface area contributed by atoms with Crippen molar-refractivity contribution in [2.75, 3.05) is 6.61 Å². The normalized spacial score (nSPS) is 28.9. The van der Waals surface area contributed by atoms with Crippen LogP contribution in [-0.4, -0.2) is 26.6 Å². The highest BCUT2D eigenvalue weighted by molar-refractivity contribution is 6.50. The molecule has 3 heteroatoms. The van der Waals surface area contributed by atoms with E-state index in [1.165, 1.54) is 18.9 Å². The minimum Gasteiger partial charge on any atom is -0.420 e. The summed E-state index contributed by atoms with van der Waals surface area (Å²) in [6, 6.07) is 1.40. The van der Waals surface area contributed by atoms with Crippen molar-refractivity contribution in [1.82, 2.24) is 0 Å². The Morgan fingerprint density at radius 2 is 2.12 bits per heavy atom. The standard InChI is InChI=1S/C5H12OSi.H4Si/c1-7-5-3-2-4-6-7;/h7H,2-5H2,1H3;1H4. The maximum absolute atomic E-state index is 5.42. The van der Waals surface area contributed by atoms with Crippen molar-refractivity contribution in [3.63, 3.8) is 0 Å². The van der Waals surface area contributed by atoms with Gasteiger partial charge in [0.15, 0.2) is 9.04 Å². The lowest BCUT2D eigenvalue weighted by Crippen LogP contribution is -2.18. The lowest BCUT2D eigenvalue weighted by molar-refractivity contribution is 0.291. The van der Waals surface area contributed by atoms with E-state index in [-0.39, 0.29) is 11.0 Å². The molecule has 0 N–H and O–H groups in total. The second-order valence-corrected chi connectivity index (χ2v) is 4.71. The molecule has 0 aliphatic carbocycles. The zero-order valence-corrected chi connectivity index (χ0v) is 5.97. The molecule has 0 saturated carbocycles. The quantitative estimate of drug-likeness (QED) is 0.429. The minimum absolute atomic E-state index is 0. The fourth-order valence-electron chi connectivity index (χ4n) is 0.902. The fourth-order valence-corrected chi connectivity index (χ4v) is 2.50. The zero-order valence-electron chi connectivity index (χ0n) is 4.81. The van der Waals surface area contributed by atoms with Gasteiger partial charge in [-0.2, -0.15) is 0 Å². The molecule has 1 atom stereocenters. The van der Waals surface area contributed by atoms with Crippen molar-refractivity contribution in [3.8, 4) is 0 Å². The van der Waals surface area contributed by atoms with Crippen molar-refractivity contribution < 1.29 is 4.43 Å². The van der Waals surface area contributed by atoms with Crippen LogP contribution in [0.15, 0.2) is 0 Å². The average molecular weight is 148 g/mol. The first-order chi connectivity index (χ1) is 3.39. The van der Waals surface area contributed by atoms with Gasteiger partial charge in [0.05, 0.1) is 0 Å². The molecule has 8 heavy (non-hydrogen) atoms. The van der Waals surface area contributed by atoms with Crippen LogP contribution in [0.2, 0.25) is 12.6 Å². The maximum Gasteiger partial charge on any atom is 0.173 e. The topological polar surface area (TPSA) is 9.23 Å². The van der Waals surface area contributed by atoms with E-state index >= 15 is 0 Å². The fraction of sp³-hybridized carbons (Fsp3) is 1.00. The second-order valence-electron chi connectivity index (χ2n) is 2.18. The molecule has 1 aliphatic heterocycles. The summed E-state index contributed by atoms with van der Waals surface area (Å²) in [6.07, 6.45) is 2.73. The van der Waals surface area contributed by atoms with E-state index in [0.717, 1.165) is 6.61 Å². The number of hydrogen-bond acceptors (Lipinski definition) is 1. The minimum atomic E-state index is -0.595. The van der Waals surface area contributed by atoms with Crippen molar-refractivity contribution in [2.24, 2.45) is 0 Å². The molecule has 1 fully saturated rings. The van der Waals surface area contributed by atoms with E-state index in [2.05, 4.69) is 6.55 Å². The van der Waals surface area contributed by atoms with Gasteiger partial charge in [-0.05, 0) is 30.0 Å². The first kappa shape index (κ1) is 8.39. The molecular weight excluding hydrogens is 132 g/mol. The molecule has 1 saturated heterocycles. The molecule has 0 spiro atoms. The van der Waals surface area contributed by atoms with E-state index < -0.39 is 9.04 Å². The summed E-state index contributed by atoms with van der Waals surface area (Å²) in [5.74, 6) is 0. The van der Waals surface area contributed by atoms with Gasteiger partial charge in [0.2, 0.25) is 0 Å². The van der Waals surface area contributed by atoms with Gasteiger partial charge in [-0.1, -0.05) is 6.42 Å². The van der Waals surface area contributed by atoms with Crippen LogP contribution in [0.1, 0.15) is 12.8 Å². The summed E-state index contributed by atoms with van der Waals surface area (Å²) >= 11 is 0. The van der Waals surface area contributed by atoms with Crippen molar-refractivity contribution in [1.29, 1.82) is 0 Å². The highest BCUT2D eigenvalue weighted by Crippen LogP contribution is 2.09. The lowest BCUT2D eigenvalue weighted by atomic mass is 10.4. The Labute approximate surface area is 57.2 Å². The van der Waals surface area contributed by atoms with Crippen molar-refractivity contribution >= 4 is 20.0 Å². The number of rotatable bonds is 0. The second kappa shape index (κ2) is 4.29. The molecule has 1 aliphatic rings. The molecule has 50 valence electrons. The Morgan fingerprint density at radius 3 is 2.38 bits per heavy atom. The molecule has 1 heterocycles. The smallest absolute Gasteiger partial charge is 0.173 e. The van der Waals surface area contributed by atoms with Crippen LogP contribution >= 0.6 is 0 Å². The van der Waals surface area contributed by atoms with Crippen LogP contribution in [0.5, 0.6) is 0 Å². The first-order valence-corrected chi connectivity index (χ1v) is 5.45. The molecule has 0 aromatic rings. The monoisotopic (exact) mass is 148 g/mol. The first-order valence-electron chi connectivity index (χ1n) is 3.01. The Bertz CT molecular complexity index is 52.4. The molecule has 1 rings (SSSR count). The zero-order chi connectivity index (χ0) is 5.11. The Morgan fingerprint density at radius 1 is 1.38 bits per heavy atom. The highest BCUT2D eigenvalue weighted by atomic mass is 28.3. The van der Waals surface area contributed by atoms with Gasteiger partial charge in [-0.3, -0.25) is 0 Å². The lowest BCUT2D eigenvalue weighted by Gasteiger charge is -2.16. The summed E-state index contributed by atoms with van der Waals surface area (Å²) < 4.78 is 5.42. The molecule has 0 radical (unpaired) electrons. The van der Waals surface area contributed by atoms with Gasteiger partial charge < -0.3 is 4.43 Å². The van der Waals surface area contributed by atoms with Gasteiger partial charge in [0.1, 0.15) is 0 Å². The van der Waals surface area contributed by atoms with E-state index in [4.69, 9.17) is 4.43 Å². The molecule has 0 bridgehead atoms. The van der Waals surface area contributed by atoms with Crippen molar-refractivity contribution in [2.45, 2.75) is 25.4 Å². The van der Waals surface area contributed by atoms with Crippen LogP contribution in [0.4, 0.5) is 0 Å². The summed E-state index contributed by atoms with van der Waals surface area (Å²) in [4.78, 5) is 0. The Hall–Kier alpha value is 0.394. The van der Waals surface area contributed by atoms with E-state index in [9.17, 15) is 0 Å². The summed E-state index contributed by atoms with van der Waals surface area (Å²) in [7, 11) is -0.595. The number of hydrogen-bond donors (Lipinski definition) is 0. The predicted molar refractivity (Wildman–Crippen MR) is 44.3 cm³/mol. The van der Waals surface area contributed by atoms with E-state index in [0.29, 0.717) is 0 Å². The largest absolute Gasteiger partial charge is 0.420 e. The van der Waals surface area contributed by atoms with Crippen LogP contribution in [0.25, 0.3) is 0 Å². The van der Waals surface area contributed by atoms with Gasteiger partial charge in [-0.25, -0.2) is 0 Å². The predicted octanol–water partition coefficient (Wildman–Crippen LogP) is -0.301. The summed E-state index contributed by atoms with van der Waals surface area (Å²) in [5.41, 5.74) is 0. The summed E-state index contributed by atoms with van der Waals surface area (Å²) in [6.45, 7) is 3.33. The third kappa shape index (κ3) is 2.64. The van der Waals surface area contributed by atoms with Crippen LogP contribution < -0.4 is 0 Å². The van der Waals surface area contributed by atoms with Gasteiger partial charge in [-0.15, -0.1) is 0 Å². The van der Waals surface area contributed by atoms with Crippen molar-refractivity contribution in [3.05, 3.63) is 0 Å². The Balaban J connectivity index is 0.000000490. The third-order valence-electron chi connectivity index (χ3n) is 1.41. The van der Waals surface area contributed by atoms with Gasteiger partial charge in [0.25, 0.3) is 0 Å². The molecule has 0 aromatic heterocycles.